The molecule has 0 radical (unpaired) electrons. The first-order valence-corrected chi connectivity index (χ1v) is 7.63. The van der Waals surface area contributed by atoms with E-state index in [-0.39, 0.29) is 11.8 Å². The molecule has 0 aliphatic carbocycles. The summed E-state index contributed by atoms with van der Waals surface area (Å²) in [5, 5.41) is 3.05. The van der Waals surface area contributed by atoms with Gasteiger partial charge in [-0.3, -0.25) is 4.79 Å². The highest BCUT2D eigenvalue weighted by Gasteiger charge is 2.31. The molecule has 2 rings (SSSR count). The summed E-state index contributed by atoms with van der Waals surface area (Å²) in [5.41, 5.74) is 0.472. The second-order valence-corrected chi connectivity index (χ2v) is 6.49. The first-order chi connectivity index (χ1) is 8.63. The van der Waals surface area contributed by atoms with E-state index in [2.05, 4.69) is 24.1 Å². The van der Waals surface area contributed by atoms with Crippen molar-refractivity contribution < 1.29 is 4.79 Å². The summed E-state index contributed by atoms with van der Waals surface area (Å²) in [6, 6.07) is 0. The fraction of sp³-hybridized carbons (Fsp3) is 0.933. The molecule has 0 bridgehead atoms. The molecule has 2 aliphatic heterocycles. The summed E-state index contributed by atoms with van der Waals surface area (Å²) in [4.78, 5) is 14.5. The van der Waals surface area contributed by atoms with Crippen LogP contribution < -0.4 is 5.32 Å². The summed E-state index contributed by atoms with van der Waals surface area (Å²) in [5.74, 6) is 0.517. The highest BCUT2D eigenvalue weighted by molar-refractivity contribution is 5.79. The normalized spacial score (nSPS) is 35.0. The van der Waals surface area contributed by atoms with E-state index in [1.165, 1.54) is 38.8 Å². The predicted octanol–water partition coefficient (Wildman–Crippen LogP) is 2.41. The molecule has 2 heterocycles. The highest BCUT2D eigenvalue weighted by atomic mass is 16.1. The third-order valence-corrected chi connectivity index (χ3v) is 4.84. The molecule has 2 unspecified atom stereocenters. The van der Waals surface area contributed by atoms with E-state index in [1.54, 1.807) is 0 Å². The zero-order valence-electron chi connectivity index (χ0n) is 12.0. The first kappa shape index (κ1) is 13.9. The van der Waals surface area contributed by atoms with Gasteiger partial charge in [-0.2, -0.15) is 0 Å². The minimum absolute atomic E-state index is 0.228. The molecule has 1 N–H and O–H groups in total. The summed E-state index contributed by atoms with van der Waals surface area (Å²) < 4.78 is 0. The van der Waals surface area contributed by atoms with Crippen molar-refractivity contribution in [1.82, 2.24) is 10.2 Å². The minimum Gasteiger partial charge on any atom is -0.356 e. The molecule has 2 fully saturated rings. The molecule has 3 nitrogen and oxygen atoms in total. The molecule has 0 saturated carbocycles. The monoisotopic (exact) mass is 252 g/mol. The van der Waals surface area contributed by atoms with E-state index < -0.39 is 0 Å². The van der Waals surface area contributed by atoms with Gasteiger partial charge < -0.3 is 10.2 Å². The number of nitrogens with zero attached hydrogens (tertiary/aromatic N) is 1. The molecular weight excluding hydrogens is 224 g/mol. The topological polar surface area (TPSA) is 32.3 Å². The van der Waals surface area contributed by atoms with Gasteiger partial charge in [-0.25, -0.2) is 0 Å². The molecule has 104 valence electrons. The van der Waals surface area contributed by atoms with Crippen molar-refractivity contribution in [1.29, 1.82) is 0 Å². The standard InChI is InChI=1S/C15H28N2O/c1-3-15(2)8-6-10-17(12-15)11-13-7-4-5-9-16-14(13)18/h13H,3-12H2,1-2H3,(H,16,18). The maximum atomic E-state index is 12.0. The van der Waals surface area contributed by atoms with Gasteiger partial charge in [-0.05, 0) is 44.1 Å². The van der Waals surface area contributed by atoms with Gasteiger partial charge in [-0.15, -0.1) is 0 Å². The molecular formula is C15H28N2O. The number of nitrogens with one attached hydrogen (secondary N) is 1. The third kappa shape index (κ3) is 3.47. The van der Waals surface area contributed by atoms with Gasteiger partial charge >= 0.3 is 0 Å². The fourth-order valence-electron chi connectivity index (χ4n) is 3.36. The van der Waals surface area contributed by atoms with Crippen LogP contribution >= 0.6 is 0 Å². The van der Waals surface area contributed by atoms with Crippen molar-refractivity contribution in [2.45, 2.75) is 52.4 Å². The SMILES string of the molecule is CCC1(C)CCCN(CC2CCCCNC2=O)C1. The van der Waals surface area contributed by atoms with Crippen LogP contribution in [0.1, 0.15) is 52.4 Å². The lowest BCUT2D eigenvalue weighted by Crippen LogP contribution is -2.45. The Morgan fingerprint density at radius 2 is 2.22 bits per heavy atom. The van der Waals surface area contributed by atoms with Gasteiger partial charge in [0.1, 0.15) is 0 Å². The molecule has 0 aromatic rings. The molecule has 0 aromatic carbocycles. The van der Waals surface area contributed by atoms with Gasteiger partial charge in [0.15, 0.2) is 0 Å². The quantitative estimate of drug-likeness (QED) is 0.836. The van der Waals surface area contributed by atoms with Crippen molar-refractivity contribution in [3.8, 4) is 0 Å². The average Bonchev–Trinajstić information content (AvgIpc) is 2.55. The lowest BCUT2D eigenvalue weighted by molar-refractivity contribution is -0.125. The smallest absolute Gasteiger partial charge is 0.224 e. The number of piperidine rings is 1. The van der Waals surface area contributed by atoms with Crippen molar-refractivity contribution >= 4 is 5.91 Å². The van der Waals surface area contributed by atoms with E-state index in [4.69, 9.17) is 0 Å². The Bertz CT molecular complexity index is 292. The predicted molar refractivity (Wildman–Crippen MR) is 74.4 cm³/mol. The van der Waals surface area contributed by atoms with Gasteiger partial charge in [-0.1, -0.05) is 20.3 Å². The molecule has 18 heavy (non-hydrogen) atoms. The summed E-state index contributed by atoms with van der Waals surface area (Å²) in [6.07, 6.45) is 7.30. The number of hydrogen-bond donors (Lipinski definition) is 1. The zero-order chi connectivity index (χ0) is 13.0. The summed E-state index contributed by atoms with van der Waals surface area (Å²) in [6.45, 7) is 8.89. The fourth-order valence-corrected chi connectivity index (χ4v) is 3.36. The van der Waals surface area contributed by atoms with Crippen molar-refractivity contribution in [3.63, 3.8) is 0 Å². The van der Waals surface area contributed by atoms with Gasteiger partial charge in [0, 0.05) is 19.6 Å². The van der Waals surface area contributed by atoms with Gasteiger partial charge in [0.25, 0.3) is 0 Å². The van der Waals surface area contributed by atoms with Gasteiger partial charge in [0.05, 0.1) is 5.92 Å². The molecule has 2 saturated heterocycles. The van der Waals surface area contributed by atoms with E-state index in [9.17, 15) is 4.79 Å². The van der Waals surface area contributed by atoms with Crippen LogP contribution in [0.15, 0.2) is 0 Å². The second-order valence-electron chi connectivity index (χ2n) is 6.49. The lowest BCUT2D eigenvalue weighted by atomic mass is 9.79. The summed E-state index contributed by atoms with van der Waals surface area (Å²) >= 11 is 0. The zero-order valence-corrected chi connectivity index (χ0v) is 12.0. The summed E-state index contributed by atoms with van der Waals surface area (Å²) in [7, 11) is 0. The van der Waals surface area contributed by atoms with Crippen LogP contribution in [0.4, 0.5) is 0 Å². The van der Waals surface area contributed by atoms with E-state index in [1.807, 2.05) is 0 Å². The Balaban J connectivity index is 1.89. The van der Waals surface area contributed by atoms with E-state index in [0.717, 1.165) is 25.9 Å². The first-order valence-electron chi connectivity index (χ1n) is 7.63. The van der Waals surface area contributed by atoms with Crippen LogP contribution in [0.2, 0.25) is 0 Å². The molecule has 0 aromatic heterocycles. The van der Waals surface area contributed by atoms with Crippen LogP contribution in [0, 0.1) is 11.3 Å². The molecule has 3 heteroatoms. The van der Waals surface area contributed by atoms with Crippen LogP contribution in [0.25, 0.3) is 0 Å². The minimum atomic E-state index is 0.228. The number of amides is 1. The molecule has 2 atom stereocenters. The second kappa shape index (κ2) is 6.05. The van der Waals surface area contributed by atoms with E-state index >= 15 is 0 Å². The Labute approximate surface area is 111 Å². The van der Waals surface area contributed by atoms with Gasteiger partial charge in [0.2, 0.25) is 5.91 Å². The van der Waals surface area contributed by atoms with Crippen molar-refractivity contribution in [2.75, 3.05) is 26.2 Å². The highest BCUT2D eigenvalue weighted by Crippen LogP contribution is 2.33. The Morgan fingerprint density at radius 3 is 3.00 bits per heavy atom. The average molecular weight is 252 g/mol. The van der Waals surface area contributed by atoms with Crippen LogP contribution in [-0.4, -0.2) is 37.0 Å². The number of likely N-dealkylation sites (tertiary alicyclic amines) is 1. The molecule has 0 spiro atoms. The van der Waals surface area contributed by atoms with Crippen LogP contribution in [0.3, 0.4) is 0 Å². The molecule has 2 aliphatic rings. The van der Waals surface area contributed by atoms with Crippen LogP contribution in [0.5, 0.6) is 0 Å². The lowest BCUT2D eigenvalue weighted by Gasteiger charge is -2.41. The third-order valence-electron chi connectivity index (χ3n) is 4.84. The van der Waals surface area contributed by atoms with Crippen LogP contribution in [-0.2, 0) is 4.79 Å². The van der Waals surface area contributed by atoms with Crippen molar-refractivity contribution in [2.24, 2.45) is 11.3 Å². The molecule has 1 amide bonds. The Morgan fingerprint density at radius 1 is 1.39 bits per heavy atom. The maximum Gasteiger partial charge on any atom is 0.224 e. The number of carbonyl (C=O) groups excluding carboxylic acids is 1. The Kier molecular flexibility index (Phi) is 4.66. The largest absolute Gasteiger partial charge is 0.356 e. The number of rotatable bonds is 3. The number of carbonyl (C=O) groups is 1. The van der Waals surface area contributed by atoms with E-state index in [0.29, 0.717) is 5.41 Å². The number of hydrogen-bond acceptors (Lipinski definition) is 2. The van der Waals surface area contributed by atoms with Crippen molar-refractivity contribution in [3.05, 3.63) is 0 Å². The maximum absolute atomic E-state index is 12.0. The Hall–Kier alpha value is -0.570.